The van der Waals surface area contributed by atoms with Crippen LogP contribution in [0.15, 0.2) is 18.2 Å². The molecule has 0 saturated carbocycles. The van der Waals surface area contributed by atoms with Gasteiger partial charge >= 0.3 is 5.97 Å². The lowest BCUT2D eigenvalue weighted by Crippen LogP contribution is -2.14. The van der Waals surface area contributed by atoms with Crippen LogP contribution in [0.3, 0.4) is 0 Å². The molecular formula is C14H21NO2S. The molecule has 3 nitrogen and oxygen atoms in total. The molecule has 2 N–H and O–H groups in total. The van der Waals surface area contributed by atoms with Gasteiger partial charge in [-0.2, -0.15) is 11.8 Å². The van der Waals surface area contributed by atoms with E-state index in [2.05, 4.69) is 36.8 Å². The van der Waals surface area contributed by atoms with Crippen molar-refractivity contribution in [2.75, 3.05) is 18.6 Å². The lowest BCUT2D eigenvalue weighted by Gasteiger charge is -2.13. The van der Waals surface area contributed by atoms with Crippen molar-refractivity contribution < 1.29 is 9.53 Å². The van der Waals surface area contributed by atoms with Crippen molar-refractivity contribution in [3.63, 3.8) is 0 Å². The van der Waals surface area contributed by atoms with E-state index in [0.717, 1.165) is 17.1 Å². The average molecular weight is 267 g/mol. The number of methoxy groups -OCH3 is 1. The van der Waals surface area contributed by atoms with Crippen LogP contribution in [-0.2, 0) is 9.53 Å². The summed E-state index contributed by atoms with van der Waals surface area (Å²) >= 11 is 1.68. The SMILES string of the molecule is COC(=O)CCSCC(N)c1ccc(C)c(C)c1. The zero-order valence-corrected chi connectivity index (χ0v) is 12.0. The molecule has 0 heterocycles. The summed E-state index contributed by atoms with van der Waals surface area (Å²) in [5.74, 6) is 1.41. The first kappa shape index (κ1) is 15.1. The molecular weight excluding hydrogens is 246 g/mol. The molecule has 1 atom stereocenters. The Balaban J connectivity index is 2.38. The molecule has 1 rings (SSSR count). The summed E-state index contributed by atoms with van der Waals surface area (Å²) in [6, 6.07) is 6.34. The fourth-order valence-electron chi connectivity index (χ4n) is 1.56. The minimum absolute atomic E-state index is 0.0203. The minimum Gasteiger partial charge on any atom is -0.469 e. The maximum atomic E-state index is 10.9. The Morgan fingerprint density at radius 2 is 2.11 bits per heavy atom. The fourth-order valence-corrected chi connectivity index (χ4v) is 2.48. The third kappa shape index (κ3) is 4.70. The van der Waals surface area contributed by atoms with Crippen LogP contribution in [0.1, 0.15) is 29.2 Å². The molecule has 0 fully saturated rings. The monoisotopic (exact) mass is 267 g/mol. The van der Waals surface area contributed by atoms with E-state index in [0.29, 0.717) is 6.42 Å². The molecule has 1 aromatic carbocycles. The summed E-state index contributed by atoms with van der Waals surface area (Å²) in [4.78, 5) is 10.9. The average Bonchev–Trinajstić information content (AvgIpc) is 2.37. The zero-order chi connectivity index (χ0) is 13.5. The van der Waals surface area contributed by atoms with E-state index in [1.54, 1.807) is 11.8 Å². The van der Waals surface area contributed by atoms with E-state index in [1.807, 2.05) is 0 Å². The van der Waals surface area contributed by atoms with Gasteiger partial charge in [0.05, 0.1) is 13.5 Å². The number of esters is 1. The predicted octanol–water partition coefficient (Wildman–Crippen LogP) is 2.60. The van der Waals surface area contributed by atoms with Crippen molar-refractivity contribution in [3.05, 3.63) is 34.9 Å². The number of rotatable bonds is 6. The molecule has 1 aromatic rings. The third-order valence-electron chi connectivity index (χ3n) is 2.93. The summed E-state index contributed by atoms with van der Waals surface area (Å²) in [6.45, 7) is 4.19. The van der Waals surface area contributed by atoms with Gasteiger partial charge in [0, 0.05) is 17.5 Å². The number of hydrogen-bond acceptors (Lipinski definition) is 4. The number of ether oxygens (including phenoxy) is 1. The van der Waals surface area contributed by atoms with E-state index >= 15 is 0 Å². The van der Waals surface area contributed by atoms with E-state index in [-0.39, 0.29) is 12.0 Å². The minimum atomic E-state index is -0.165. The first-order chi connectivity index (χ1) is 8.54. The number of thioether (sulfide) groups is 1. The van der Waals surface area contributed by atoms with Crippen LogP contribution in [0.2, 0.25) is 0 Å². The molecule has 0 spiro atoms. The maximum Gasteiger partial charge on any atom is 0.306 e. The van der Waals surface area contributed by atoms with E-state index in [1.165, 1.54) is 18.2 Å². The standard InChI is InChI=1S/C14H21NO2S/c1-10-4-5-12(8-11(10)2)13(15)9-18-7-6-14(16)17-3/h4-5,8,13H,6-7,9,15H2,1-3H3. The summed E-state index contributed by atoms with van der Waals surface area (Å²) < 4.78 is 4.59. The molecule has 0 aliphatic carbocycles. The second-order valence-corrected chi connectivity index (χ2v) is 5.50. The molecule has 0 aromatic heterocycles. The molecule has 4 heteroatoms. The zero-order valence-electron chi connectivity index (χ0n) is 11.2. The molecule has 18 heavy (non-hydrogen) atoms. The number of benzene rings is 1. The van der Waals surface area contributed by atoms with Gasteiger partial charge in [-0.05, 0) is 30.5 Å². The van der Waals surface area contributed by atoms with Crippen LogP contribution in [0, 0.1) is 13.8 Å². The second-order valence-electron chi connectivity index (χ2n) is 4.35. The summed E-state index contributed by atoms with van der Waals surface area (Å²) in [5, 5.41) is 0. The van der Waals surface area contributed by atoms with Crippen LogP contribution in [0.25, 0.3) is 0 Å². The number of nitrogens with two attached hydrogens (primary N) is 1. The van der Waals surface area contributed by atoms with Crippen LogP contribution < -0.4 is 5.73 Å². The highest BCUT2D eigenvalue weighted by Crippen LogP contribution is 2.19. The lowest BCUT2D eigenvalue weighted by molar-refractivity contribution is -0.140. The Morgan fingerprint density at radius 3 is 2.72 bits per heavy atom. The molecule has 0 bridgehead atoms. The Hall–Kier alpha value is -1.00. The highest BCUT2D eigenvalue weighted by molar-refractivity contribution is 7.99. The quantitative estimate of drug-likeness (QED) is 0.636. The summed E-state index contributed by atoms with van der Waals surface area (Å²) in [5.41, 5.74) is 9.83. The molecule has 0 radical (unpaired) electrons. The van der Waals surface area contributed by atoms with Crippen molar-refractivity contribution in [3.8, 4) is 0 Å². The Kier molecular flexibility index (Phi) is 6.22. The largest absolute Gasteiger partial charge is 0.469 e. The molecule has 0 saturated heterocycles. The Bertz CT molecular complexity index is 407. The second kappa shape index (κ2) is 7.44. The van der Waals surface area contributed by atoms with Gasteiger partial charge in [-0.25, -0.2) is 0 Å². The smallest absolute Gasteiger partial charge is 0.306 e. The van der Waals surface area contributed by atoms with E-state index < -0.39 is 0 Å². The topological polar surface area (TPSA) is 52.3 Å². The molecule has 1 unspecified atom stereocenters. The van der Waals surface area contributed by atoms with E-state index in [4.69, 9.17) is 5.73 Å². The Morgan fingerprint density at radius 1 is 1.39 bits per heavy atom. The normalized spacial score (nSPS) is 12.2. The van der Waals surface area contributed by atoms with Gasteiger partial charge in [-0.15, -0.1) is 0 Å². The van der Waals surface area contributed by atoms with Gasteiger partial charge in [-0.1, -0.05) is 18.2 Å². The molecule has 100 valence electrons. The summed E-state index contributed by atoms with van der Waals surface area (Å²) in [6.07, 6.45) is 0.445. The van der Waals surface area contributed by atoms with Gasteiger partial charge in [0.1, 0.15) is 0 Å². The van der Waals surface area contributed by atoms with Crippen molar-refractivity contribution in [1.29, 1.82) is 0 Å². The van der Waals surface area contributed by atoms with Crippen molar-refractivity contribution in [2.24, 2.45) is 5.73 Å². The van der Waals surface area contributed by atoms with Gasteiger partial charge in [0.15, 0.2) is 0 Å². The van der Waals surface area contributed by atoms with Crippen LogP contribution in [0.4, 0.5) is 0 Å². The maximum absolute atomic E-state index is 10.9. The van der Waals surface area contributed by atoms with Crippen molar-refractivity contribution >= 4 is 17.7 Å². The number of carbonyl (C=O) groups is 1. The van der Waals surface area contributed by atoms with Gasteiger partial charge < -0.3 is 10.5 Å². The Labute approximate surface area is 113 Å². The molecule has 0 aliphatic heterocycles. The highest BCUT2D eigenvalue weighted by atomic mass is 32.2. The van der Waals surface area contributed by atoms with Crippen molar-refractivity contribution in [1.82, 2.24) is 0 Å². The van der Waals surface area contributed by atoms with E-state index in [9.17, 15) is 4.79 Å². The predicted molar refractivity (Wildman–Crippen MR) is 76.8 cm³/mol. The molecule has 0 amide bonds. The number of hydrogen-bond donors (Lipinski definition) is 1. The molecule has 0 aliphatic rings. The first-order valence-electron chi connectivity index (χ1n) is 6.02. The van der Waals surface area contributed by atoms with Crippen LogP contribution in [0.5, 0.6) is 0 Å². The highest BCUT2D eigenvalue weighted by Gasteiger charge is 2.08. The van der Waals surface area contributed by atoms with Gasteiger partial charge in [0.25, 0.3) is 0 Å². The number of aryl methyl sites for hydroxylation is 2. The first-order valence-corrected chi connectivity index (χ1v) is 7.17. The fraction of sp³-hybridized carbons (Fsp3) is 0.500. The van der Waals surface area contributed by atoms with Crippen molar-refractivity contribution in [2.45, 2.75) is 26.3 Å². The van der Waals surface area contributed by atoms with Crippen LogP contribution >= 0.6 is 11.8 Å². The lowest BCUT2D eigenvalue weighted by atomic mass is 10.0. The third-order valence-corrected chi connectivity index (χ3v) is 4.02. The van der Waals surface area contributed by atoms with Crippen LogP contribution in [-0.4, -0.2) is 24.6 Å². The van der Waals surface area contributed by atoms with Gasteiger partial charge in [-0.3, -0.25) is 4.79 Å². The summed E-state index contributed by atoms with van der Waals surface area (Å²) in [7, 11) is 1.41. The van der Waals surface area contributed by atoms with Gasteiger partial charge in [0.2, 0.25) is 0 Å². The number of carbonyl (C=O) groups excluding carboxylic acids is 1.